The van der Waals surface area contributed by atoms with E-state index in [0.29, 0.717) is 0 Å². The van der Waals surface area contributed by atoms with E-state index < -0.39 is 14.3 Å². The number of hydrogen-bond acceptors (Lipinski definition) is 1. The van der Waals surface area contributed by atoms with E-state index in [-0.39, 0.29) is 5.75 Å². The van der Waals surface area contributed by atoms with Crippen molar-refractivity contribution in [1.29, 1.82) is 0 Å². The van der Waals surface area contributed by atoms with Gasteiger partial charge < -0.3 is 4.55 Å². The second-order valence-electron chi connectivity index (χ2n) is 0.995. The molecule has 0 spiro atoms. The minimum absolute atomic E-state index is 0.122. The Kier molecular flexibility index (Phi) is 3.87. The molecule has 49 valence electrons. The third kappa shape index (κ3) is 3.25. The molecule has 0 aliphatic carbocycles. The number of halogens is 3. The zero-order valence-corrected chi connectivity index (χ0v) is 6.95. The first-order valence-corrected chi connectivity index (χ1v) is 4.18. The van der Waals surface area contributed by atoms with Gasteiger partial charge in [-0.3, -0.25) is 0 Å². The molecule has 0 aromatic rings. The normalized spacial score (nSPS) is 16.1. The van der Waals surface area contributed by atoms with Gasteiger partial charge in [0.05, 0.1) is 0 Å². The summed E-state index contributed by atoms with van der Waals surface area (Å²) >= 11 is 14.1. The van der Waals surface area contributed by atoms with Crippen LogP contribution in [0.1, 0.15) is 0 Å². The van der Waals surface area contributed by atoms with E-state index >= 15 is 0 Å². The maximum atomic E-state index is 10.5. The summed E-state index contributed by atoms with van der Waals surface area (Å²) in [6.45, 7) is 3.30. The van der Waals surface area contributed by atoms with Crippen molar-refractivity contribution >= 4 is 46.0 Å². The lowest BCUT2D eigenvalue weighted by Crippen LogP contribution is -2.21. The van der Waals surface area contributed by atoms with Crippen LogP contribution in [0.4, 0.5) is 0 Å². The molecule has 0 saturated carbocycles. The van der Waals surface area contributed by atoms with E-state index in [1.807, 2.05) is 0 Å². The maximum Gasteiger partial charge on any atom is 0.350 e. The fraction of sp³-hybridized carbons (Fsp3) is 0.667. The van der Waals surface area contributed by atoms with Crippen molar-refractivity contribution in [3.05, 3.63) is 6.92 Å². The van der Waals surface area contributed by atoms with E-state index in [1.54, 1.807) is 0 Å². The molecule has 0 N–H and O–H groups in total. The van der Waals surface area contributed by atoms with E-state index in [9.17, 15) is 4.55 Å². The lowest BCUT2D eigenvalue weighted by atomic mass is 11.0. The Morgan fingerprint density at radius 1 is 1.50 bits per heavy atom. The Bertz CT molecular complexity index is 71.4. The van der Waals surface area contributed by atoms with Crippen molar-refractivity contribution in [2.45, 2.75) is 3.12 Å². The fourth-order valence-electron chi connectivity index (χ4n) is 0.116. The molecule has 0 amide bonds. The molecule has 1 nitrogen and oxygen atoms in total. The number of rotatable bonds is 1. The van der Waals surface area contributed by atoms with Crippen LogP contribution in [0.3, 0.4) is 0 Å². The van der Waals surface area contributed by atoms with Crippen molar-refractivity contribution in [3.63, 3.8) is 0 Å². The molecule has 0 aromatic carbocycles. The van der Waals surface area contributed by atoms with Crippen molar-refractivity contribution < 1.29 is 4.55 Å². The van der Waals surface area contributed by atoms with Gasteiger partial charge in [-0.1, -0.05) is 0 Å². The van der Waals surface area contributed by atoms with Gasteiger partial charge in [0.25, 0.3) is 0 Å². The highest BCUT2D eigenvalue weighted by Gasteiger charge is 2.33. The summed E-state index contributed by atoms with van der Waals surface area (Å²) in [4.78, 5) is 0. The van der Waals surface area contributed by atoms with Crippen molar-refractivity contribution in [3.8, 4) is 0 Å². The van der Waals surface area contributed by atoms with E-state index in [4.69, 9.17) is 34.8 Å². The number of alkyl halides is 3. The standard InChI is InChI=1S/C3H4Cl3OS/c1-2-8(7)3(4,5)6/h1-2H2. The highest BCUT2D eigenvalue weighted by atomic mass is 35.6. The van der Waals surface area contributed by atoms with Crippen LogP contribution in [-0.4, -0.2) is 13.4 Å². The van der Waals surface area contributed by atoms with Crippen LogP contribution in [0, 0.1) is 6.92 Å². The average molecular weight is 194 g/mol. The van der Waals surface area contributed by atoms with Crippen LogP contribution >= 0.6 is 34.8 Å². The summed E-state index contributed by atoms with van der Waals surface area (Å²) in [5.74, 6) is 0.122. The predicted molar refractivity (Wildman–Crippen MR) is 38.7 cm³/mol. The molecule has 1 unspecified atom stereocenters. The molecule has 0 aromatic heterocycles. The van der Waals surface area contributed by atoms with Gasteiger partial charge in [-0.05, 0) is 41.7 Å². The molecule has 5 heteroatoms. The summed E-state index contributed by atoms with van der Waals surface area (Å²) in [6, 6.07) is 0. The topological polar surface area (TPSA) is 23.1 Å². The molecule has 8 heavy (non-hydrogen) atoms. The summed E-state index contributed by atoms with van der Waals surface area (Å²) in [5.41, 5.74) is 0. The van der Waals surface area contributed by atoms with E-state index in [1.165, 1.54) is 0 Å². The van der Waals surface area contributed by atoms with Gasteiger partial charge in [0.2, 0.25) is 0 Å². The monoisotopic (exact) mass is 193 g/mol. The molecule has 0 bridgehead atoms. The van der Waals surface area contributed by atoms with Gasteiger partial charge in [-0.2, -0.15) is 0 Å². The maximum absolute atomic E-state index is 10.5. The van der Waals surface area contributed by atoms with Crippen LogP contribution in [0.5, 0.6) is 0 Å². The summed E-state index contributed by atoms with van der Waals surface area (Å²) in [7, 11) is 0. The van der Waals surface area contributed by atoms with E-state index in [0.717, 1.165) is 0 Å². The zero-order chi connectivity index (χ0) is 6.78. The largest absolute Gasteiger partial charge is 0.613 e. The zero-order valence-electron chi connectivity index (χ0n) is 3.86. The van der Waals surface area contributed by atoms with E-state index in [2.05, 4.69) is 6.92 Å². The third-order valence-corrected chi connectivity index (χ3v) is 2.88. The van der Waals surface area contributed by atoms with Crippen LogP contribution in [0.25, 0.3) is 0 Å². The fourth-order valence-corrected chi connectivity index (χ4v) is 1.04. The molecular weight excluding hydrogens is 190 g/mol. The highest BCUT2D eigenvalue weighted by molar-refractivity contribution is 7.97. The van der Waals surface area contributed by atoms with Crippen LogP contribution < -0.4 is 0 Å². The Morgan fingerprint density at radius 3 is 1.88 bits per heavy atom. The lowest BCUT2D eigenvalue weighted by Gasteiger charge is -2.14. The molecule has 0 fully saturated rings. The number of hydrogen-bond donors (Lipinski definition) is 0. The lowest BCUT2D eigenvalue weighted by molar-refractivity contribution is 0.598. The Morgan fingerprint density at radius 2 is 1.88 bits per heavy atom. The smallest absolute Gasteiger partial charge is 0.350 e. The SMILES string of the molecule is [CH2]C[S+]([O-])C(Cl)(Cl)Cl. The third-order valence-electron chi connectivity index (χ3n) is 0.444. The summed E-state index contributed by atoms with van der Waals surface area (Å²) in [5, 5.41) is 0. The van der Waals surface area contributed by atoms with Gasteiger partial charge in [-0.25, -0.2) is 0 Å². The van der Waals surface area contributed by atoms with Crippen molar-refractivity contribution in [2.75, 3.05) is 5.75 Å². The molecule has 0 aliphatic rings. The quantitative estimate of drug-likeness (QED) is 0.462. The van der Waals surface area contributed by atoms with Crippen LogP contribution in [0.2, 0.25) is 0 Å². The second-order valence-corrected chi connectivity index (χ2v) is 5.66. The Balaban J connectivity index is 3.62. The molecule has 1 atom stereocenters. The first-order valence-electron chi connectivity index (χ1n) is 1.73. The molecular formula is C3H4Cl3OS. The molecule has 1 radical (unpaired) electrons. The second kappa shape index (κ2) is 3.37. The van der Waals surface area contributed by atoms with Gasteiger partial charge in [0.15, 0.2) is 0 Å². The first kappa shape index (κ1) is 9.18. The minimum atomic E-state index is -1.66. The molecule has 0 saturated heterocycles. The van der Waals surface area contributed by atoms with Gasteiger partial charge >= 0.3 is 3.12 Å². The van der Waals surface area contributed by atoms with Gasteiger partial charge in [-0.15, -0.1) is 0 Å². The average Bonchev–Trinajstić information content (AvgIpc) is 1.62. The summed E-state index contributed by atoms with van der Waals surface area (Å²) < 4.78 is 8.82. The Hall–Kier alpha value is 1.18. The van der Waals surface area contributed by atoms with Crippen molar-refractivity contribution in [2.24, 2.45) is 0 Å². The van der Waals surface area contributed by atoms with Gasteiger partial charge in [0.1, 0.15) is 5.75 Å². The van der Waals surface area contributed by atoms with Gasteiger partial charge in [0, 0.05) is 11.2 Å². The van der Waals surface area contributed by atoms with Crippen LogP contribution in [0.15, 0.2) is 0 Å². The predicted octanol–water partition coefficient (Wildman–Crippen LogP) is 1.90. The van der Waals surface area contributed by atoms with Crippen molar-refractivity contribution in [1.82, 2.24) is 0 Å². The molecule has 0 heterocycles. The minimum Gasteiger partial charge on any atom is -0.613 e. The first-order chi connectivity index (χ1) is 3.48. The van der Waals surface area contributed by atoms with Crippen LogP contribution in [-0.2, 0) is 11.2 Å². The Labute approximate surface area is 66.5 Å². The highest BCUT2D eigenvalue weighted by Crippen LogP contribution is 2.32. The molecule has 0 rings (SSSR count). The molecule has 0 aliphatic heterocycles. The summed E-state index contributed by atoms with van der Waals surface area (Å²) in [6.07, 6.45) is 0.